The summed E-state index contributed by atoms with van der Waals surface area (Å²) in [6, 6.07) is 17.4. The molecule has 1 fully saturated rings. The molecule has 5 heteroatoms. The lowest BCUT2D eigenvalue weighted by Gasteiger charge is -2.12. The van der Waals surface area contributed by atoms with E-state index in [1.165, 1.54) is 11.1 Å². The molecule has 1 aromatic heterocycles. The number of hydrogen-bond acceptors (Lipinski definition) is 3. The van der Waals surface area contributed by atoms with Gasteiger partial charge in [-0.3, -0.25) is 4.79 Å². The van der Waals surface area contributed by atoms with Crippen molar-refractivity contribution in [2.24, 2.45) is 0 Å². The fourth-order valence-corrected chi connectivity index (χ4v) is 3.63. The number of fused-ring (bicyclic) bond motifs is 1. The van der Waals surface area contributed by atoms with Crippen LogP contribution in [0, 0.1) is 6.92 Å². The lowest BCUT2D eigenvalue weighted by molar-refractivity contribution is -0.121. The molecule has 4 rings (SSSR count). The van der Waals surface area contributed by atoms with E-state index in [-0.39, 0.29) is 5.91 Å². The van der Waals surface area contributed by atoms with E-state index in [0.29, 0.717) is 19.1 Å². The summed E-state index contributed by atoms with van der Waals surface area (Å²) in [6.45, 7) is 5.41. The standard InChI is InChI=1S/C23H27N3O2/c1-17-2-4-18(5-3-17)20-7-6-19-8-12-26(22(19)14-20)15-23(27)25-11-10-24-21-9-13-28-16-21/h2-8,12,14,21,24H,9-11,13,15-16H2,1H3,(H,25,27). The first-order valence-electron chi connectivity index (χ1n) is 9.93. The van der Waals surface area contributed by atoms with E-state index in [1.807, 2.05) is 10.8 Å². The molecule has 1 saturated heterocycles. The molecule has 146 valence electrons. The van der Waals surface area contributed by atoms with E-state index >= 15 is 0 Å². The van der Waals surface area contributed by atoms with Crippen molar-refractivity contribution in [2.45, 2.75) is 25.9 Å². The maximum absolute atomic E-state index is 12.4. The number of nitrogens with one attached hydrogen (secondary N) is 2. The molecule has 2 N–H and O–H groups in total. The van der Waals surface area contributed by atoms with Crippen molar-refractivity contribution in [3.05, 3.63) is 60.3 Å². The van der Waals surface area contributed by atoms with Gasteiger partial charge in [-0.1, -0.05) is 42.0 Å². The fourth-order valence-electron chi connectivity index (χ4n) is 3.63. The molecule has 1 aliphatic heterocycles. The first kappa shape index (κ1) is 18.7. The van der Waals surface area contributed by atoms with Crippen LogP contribution in [0.15, 0.2) is 54.7 Å². The van der Waals surface area contributed by atoms with Gasteiger partial charge in [0.25, 0.3) is 0 Å². The van der Waals surface area contributed by atoms with Gasteiger partial charge in [0.05, 0.1) is 6.61 Å². The number of amides is 1. The van der Waals surface area contributed by atoms with Gasteiger partial charge in [0.2, 0.25) is 5.91 Å². The Bertz CT molecular complexity index is 940. The molecule has 0 radical (unpaired) electrons. The summed E-state index contributed by atoms with van der Waals surface area (Å²) in [6.07, 6.45) is 3.03. The zero-order valence-corrected chi connectivity index (χ0v) is 16.3. The SMILES string of the molecule is Cc1ccc(-c2ccc3ccn(CC(=O)NCCNC4CCOC4)c3c2)cc1. The lowest BCUT2D eigenvalue weighted by Crippen LogP contribution is -2.38. The summed E-state index contributed by atoms with van der Waals surface area (Å²) in [5, 5.41) is 7.55. The smallest absolute Gasteiger partial charge is 0.239 e. The number of carbonyl (C=O) groups excluding carboxylic acids is 1. The monoisotopic (exact) mass is 377 g/mol. The lowest BCUT2D eigenvalue weighted by atomic mass is 10.0. The highest BCUT2D eigenvalue weighted by molar-refractivity contribution is 5.87. The van der Waals surface area contributed by atoms with E-state index in [2.05, 4.69) is 66.1 Å². The highest BCUT2D eigenvalue weighted by atomic mass is 16.5. The number of aromatic nitrogens is 1. The Balaban J connectivity index is 1.38. The topological polar surface area (TPSA) is 55.3 Å². The number of carbonyl (C=O) groups is 1. The zero-order valence-electron chi connectivity index (χ0n) is 16.3. The highest BCUT2D eigenvalue weighted by Crippen LogP contribution is 2.25. The molecule has 28 heavy (non-hydrogen) atoms. The van der Waals surface area contributed by atoms with Gasteiger partial charge >= 0.3 is 0 Å². The Morgan fingerprint density at radius 3 is 2.71 bits per heavy atom. The third-order valence-corrected chi connectivity index (χ3v) is 5.28. The third kappa shape index (κ3) is 4.43. The van der Waals surface area contributed by atoms with Gasteiger partial charge in [0, 0.05) is 37.5 Å². The number of ether oxygens (including phenoxy) is 1. The maximum atomic E-state index is 12.4. The van der Waals surface area contributed by atoms with Crippen LogP contribution in [-0.2, 0) is 16.1 Å². The van der Waals surface area contributed by atoms with Crippen molar-refractivity contribution in [2.75, 3.05) is 26.3 Å². The number of hydrogen-bond donors (Lipinski definition) is 2. The third-order valence-electron chi connectivity index (χ3n) is 5.28. The molecule has 2 aromatic carbocycles. The highest BCUT2D eigenvalue weighted by Gasteiger charge is 2.14. The van der Waals surface area contributed by atoms with Crippen molar-refractivity contribution in [3.63, 3.8) is 0 Å². The van der Waals surface area contributed by atoms with Gasteiger partial charge in [-0.2, -0.15) is 0 Å². The summed E-state index contributed by atoms with van der Waals surface area (Å²) in [5.74, 6) is 0.0303. The van der Waals surface area contributed by atoms with Crippen LogP contribution in [0.5, 0.6) is 0 Å². The first-order valence-corrected chi connectivity index (χ1v) is 9.93. The van der Waals surface area contributed by atoms with E-state index in [0.717, 1.165) is 42.6 Å². The molecule has 5 nitrogen and oxygen atoms in total. The predicted molar refractivity (Wildman–Crippen MR) is 112 cm³/mol. The van der Waals surface area contributed by atoms with Crippen LogP contribution < -0.4 is 10.6 Å². The number of nitrogens with zero attached hydrogens (tertiary/aromatic N) is 1. The Morgan fingerprint density at radius 2 is 1.93 bits per heavy atom. The van der Waals surface area contributed by atoms with Crippen molar-refractivity contribution in [1.29, 1.82) is 0 Å². The second-order valence-corrected chi connectivity index (χ2v) is 7.45. The summed E-state index contributed by atoms with van der Waals surface area (Å²) in [7, 11) is 0. The molecule has 1 aliphatic rings. The average Bonchev–Trinajstić information content (AvgIpc) is 3.36. The van der Waals surface area contributed by atoms with Crippen LogP contribution in [0.1, 0.15) is 12.0 Å². The maximum Gasteiger partial charge on any atom is 0.239 e. The largest absolute Gasteiger partial charge is 0.380 e. The number of aryl methyl sites for hydroxylation is 1. The summed E-state index contributed by atoms with van der Waals surface area (Å²) in [4.78, 5) is 12.4. The molecule has 3 aromatic rings. The minimum atomic E-state index is 0.0303. The molecule has 1 atom stereocenters. The van der Waals surface area contributed by atoms with Crippen LogP contribution in [0.2, 0.25) is 0 Å². The number of benzene rings is 2. The van der Waals surface area contributed by atoms with Gasteiger partial charge < -0.3 is 19.9 Å². The van der Waals surface area contributed by atoms with Crippen molar-refractivity contribution in [1.82, 2.24) is 15.2 Å². The Kier molecular flexibility index (Phi) is 5.74. The molecule has 0 saturated carbocycles. The van der Waals surface area contributed by atoms with Gasteiger partial charge in [-0.05, 0) is 42.0 Å². The molecule has 0 spiro atoms. The van der Waals surface area contributed by atoms with Crippen molar-refractivity contribution >= 4 is 16.8 Å². The first-order chi connectivity index (χ1) is 13.7. The van der Waals surface area contributed by atoms with E-state index in [4.69, 9.17) is 4.74 Å². The number of rotatable bonds is 7. The summed E-state index contributed by atoms with van der Waals surface area (Å²) < 4.78 is 7.35. The van der Waals surface area contributed by atoms with Crippen LogP contribution in [0.3, 0.4) is 0 Å². The minimum Gasteiger partial charge on any atom is -0.380 e. The molecule has 0 aliphatic carbocycles. The summed E-state index contributed by atoms with van der Waals surface area (Å²) in [5.41, 5.74) is 4.68. The zero-order chi connectivity index (χ0) is 19.3. The van der Waals surface area contributed by atoms with Gasteiger partial charge in [-0.25, -0.2) is 0 Å². The second kappa shape index (κ2) is 8.59. The molecular weight excluding hydrogens is 350 g/mol. The fraction of sp³-hybridized carbons (Fsp3) is 0.348. The Labute approximate surface area is 165 Å². The quantitative estimate of drug-likeness (QED) is 0.622. The van der Waals surface area contributed by atoms with E-state index in [1.54, 1.807) is 0 Å². The Hall–Kier alpha value is -2.63. The molecular formula is C23H27N3O2. The van der Waals surface area contributed by atoms with Crippen LogP contribution in [0.4, 0.5) is 0 Å². The minimum absolute atomic E-state index is 0.0303. The molecule has 0 bridgehead atoms. The van der Waals surface area contributed by atoms with Gasteiger partial charge in [0.1, 0.15) is 6.54 Å². The van der Waals surface area contributed by atoms with E-state index < -0.39 is 0 Å². The van der Waals surface area contributed by atoms with Crippen LogP contribution in [0.25, 0.3) is 22.0 Å². The Morgan fingerprint density at radius 1 is 1.11 bits per heavy atom. The average molecular weight is 377 g/mol. The predicted octanol–water partition coefficient (Wildman–Crippen LogP) is 3.11. The second-order valence-electron chi connectivity index (χ2n) is 7.45. The summed E-state index contributed by atoms with van der Waals surface area (Å²) >= 11 is 0. The van der Waals surface area contributed by atoms with Crippen molar-refractivity contribution in [3.8, 4) is 11.1 Å². The van der Waals surface area contributed by atoms with Gasteiger partial charge in [-0.15, -0.1) is 0 Å². The molecule has 2 heterocycles. The van der Waals surface area contributed by atoms with Gasteiger partial charge in [0.15, 0.2) is 0 Å². The van der Waals surface area contributed by atoms with Crippen LogP contribution >= 0.6 is 0 Å². The molecule has 1 unspecified atom stereocenters. The molecule has 1 amide bonds. The van der Waals surface area contributed by atoms with E-state index in [9.17, 15) is 4.79 Å². The van der Waals surface area contributed by atoms with Crippen LogP contribution in [-0.4, -0.2) is 42.8 Å². The van der Waals surface area contributed by atoms with Crippen molar-refractivity contribution < 1.29 is 9.53 Å². The normalized spacial score (nSPS) is 16.5.